The molecule has 2 nitrogen and oxygen atoms in total. The lowest BCUT2D eigenvalue weighted by molar-refractivity contribution is -0.121. The van der Waals surface area contributed by atoms with Crippen molar-refractivity contribution >= 4 is 17.7 Å². The van der Waals surface area contributed by atoms with Crippen molar-refractivity contribution in [1.82, 2.24) is 5.32 Å². The van der Waals surface area contributed by atoms with Crippen LogP contribution in [0.4, 0.5) is 0 Å². The van der Waals surface area contributed by atoms with E-state index in [9.17, 15) is 4.79 Å². The van der Waals surface area contributed by atoms with Crippen molar-refractivity contribution < 1.29 is 4.79 Å². The molecule has 2 rings (SSSR count). The smallest absolute Gasteiger partial charge is 0.220 e. The fourth-order valence-electron chi connectivity index (χ4n) is 2.80. The topological polar surface area (TPSA) is 29.1 Å². The fourth-order valence-corrected chi connectivity index (χ4v) is 3.67. The molecule has 0 saturated heterocycles. The number of amides is 1. The first-order valence-electron chi connectivity index (χ1n) is 7.52. The molecule has 1 saturated carbocycles. The third kappa shape index (κ3) is 5.20. The van der Waals surface area contributed by atoms with E-state index in [0.717, 1.165) is 25.0 Å². The summed E-state index contributed by atoms with van der Waals surface area (Å²) in [5.41, 5.74) is 0.404. The Kier molecular flexibility index (Phi) is 5.53. The van der Waals surface area contributed by atoms with Crippen molar-refractivity contribution in [3.63, 3.8) is 0 Å². The van der Waals surface area contributed by atoms with Crippen LogP contribution in [-0.4, -0.2) is 17.7 Å². The van der Waals surface area contributed by atoms with Crippen LogP contribution in [0.1, 0.15) is 46.0 Å². The summed E-state index contributed by atoms with van der Waals surface area (Å²) in [5, 5.41) is 3.18. The van der Waals surface area contributed by atoms with Gasteiger partial charge in [0.1, 0.15) is 0 Å². The highest BCUT2D eigenvalue weighted by atomic mass is 32.2. The highest BCUT2D eigenvalue weighted by Crippen LogP contribution is 2.36. The van der Waals surface area contributed by atoms with Crippen LogP contribution < -0.4 is 5.32 Å². The molecule has 0 bridgehead atoms. The number of rotatable bonds is 6. The van der Waals surface area contributed by atoms with E-state index in [4.69, 9.17) is 0 Å². The minimum absolute atomic E-state index is 0.223. The quantitative estimate of drug-likeness (QED) is 0.627. The number of nitrogens with one attached hydrogen (secondary N) is 1. The molecule has 0 aromatic heterocycles. The Morgan fingerprint density at radius 2 is 2.10 bits per heavy atom. The van der Waals surface area contributed by atoms with E-state index < -0.39 is 0 Å². The van der Waals surface area contributed by atoms with Crippen LogP contribution in [0.3, 0.4) is 0 Å². The van der Waals surface area contributed by atoms with Gasteiger partial charge in [-0.3, -0.25) is 4.79 Å². The average molecular weight is 291 g/mol. The molecule has 20 heavy (non-hydrogen) atoms. The number of hydrogen-bond acceptors (Lipinski definition) is 2. The van der Waals surface area contributed by atoms with Crippen molar-refractivity contribution in [2.75, 3.05) is 5.75 Å². The van der Waals surface area contributed by atoms with E-state index in [-0.39, 0.29) is 5.91 Å². The van der Waals surface area contributed by atoms with Gasteiger partial charge in [-0.25, -0.2) is 0 Å². The Bertz CT molecular complexity index is 430. The minimum Gasteiger partial charge on any atom is -0.353 e. The van der Waals surface area contributed by atoms with Crippen LogP contribution in [0.5, 0.6) is 0 Å². The van der Waals surface area contributed by atoms with Gasteiger partial charge >= 0.3 is 0 Å². The zero-order valence-electron chi connectivity index (χ0n) is 12.5. The van der Waals surface area contributed by atoms with E-state index in [2.05, 4.69) is 43.4 Å². The van der Waals surface area contributed by atoms with E-state index >= 15 is 0 Å². The number of benzene rings is 1. The Hall–Kier alpha value is -0.960. The molecule has 0 aliphatic heterocycles. The van der Waals surface area contributed by atoms with E-state index in [1.807, 2.05) is 17.8 Å². The van der Waals surface area contributed by atoms with Gasteiger partial charge in [-0.1, -0.05) is 32.0 Å². The van der Waals surface area contributed by atoms with Gasteiger partial charge < -0.3 is 5.32 Å². The second-order valence-corrected chi connectivity index (χ2v) is 7.60. The van der Waals surface area contributed by atoms with Gasteiger partial charge in [0.05, 0.1) is 0 Å². The number of hydrogen-bond donors (Lipinski definition) is 1. The molecule has 1 aliphatic carbocycles. The van der Waals surface area contributed by atoms with Gasteiger partial charge in [0.2, 0.25) is 5.91 Å². The summed E-state index contributed by atoms with van der Waals surface area (Å²) in [6, 6.07) is 10.8. The molecular formula is C17H25NOS. The number of thioether (sulfide) groups is 1. The van der Waals surface area contributed by atoms with Gasteiger partial charge in [0, 0.05) is 17.4 Å². The van der Waals surface area contributed by atoms with Crippen molar-refractivity contribution in [2.24, 2.45) is 5.41 Å². The predicted molar refractivity (Wildman–Crippen MR) is 86.0 cm³/mol. The summed E-state index contributed by atoms with van der Waals surface area (Å²) >= 11 is 1.82. The summed E-state index contributed by atoms with van der Waals surface area (Å²) in [7, 11) is 0. The fraction of sp³-hybridized carbons (Fsp3) is 0.588. The molecule has 3 heteroatoms. The Balaban J connectivity index is 1.59. The first-order chi connectivity index (χ1) is 9.55. The summed E-state index contributed by atoms with van der Waals surface area (Å²) in [6.45, 7) is 4.57. The van der Waals surface area contributed by atoms with Crippen molar-refractivity contribution in [3.8, 4) is 0 Å². The Labute approximate surface area is 126 Å². The Morgan fingerprint density at radius 3 is 2.75 bits per heavy atom. The first-order valence-corrected chi connectivity index (χ1v) is 8.51. The van der Waals surface area contributed by atoms with Crippen molar-refractivity contribution in [3.05, 3.63) is 30.3 Å². The monoisotopic (exact) mass is 291 g/mol. The predicted octanol–water partition coefficient (Wildman–Crippen LogP) is 4.25. The molecule has 110 valence electrons. The molecule has 0 heterocycles. The number of carbonyl (C=O) groups excluding carboxylic acids is 1. The SMILES string of the molecule is CC1(C)CCC(NC(=O)CCCSc2ccccc2)C1. The van der Waals surface area contributed by atoms with Gasteiger partial charge in [0.25, 0.3) is 0 Å². The molecule has 1 atom stereocenters. The highest BCUT2D eigenvalue weighted by Gasteiger charge is 2.31. The van der Waals surface area contributed by atoms with Gasteiger partial charge in [-0.05, 0) is 49.0 Å². The maximum absolute atomic E-state index is 11.9. The summed E-state index contributed by atoms with van der Waals surface area (Å²) in [4.78, 5) is 13.2. The largest absolute Gasteiger partial charge is 0.353 e. The van der Waals surface area contributed by atoms with Crippen LogP contribution in [0, 0.1) is 5.41 Å². The summed E-state index contributed by atoms with van der Waals surface area (Å²) in [6.07, 6.45) is 5.08. The molecular weight excluding hydrogens is 266 g/mol. The molecule has 1 amide bonds. The molecule has 0 radical (unpaired) electrons. The lowest BCUT2D eigenvalue weighted by Gasteiger charge is -2.17. The maximum atomic E-state index is 11.9. The Morgan fingerprint density at radius 1 is 1.35 bits per heavy atom. The normalized spacial score (nSPS) is 20.8. The van der Waals surface area contributed by atoms with Gasteiger partial charge in [-0.2, -0.15) is 0 Å². The van der Waals surface area contributed by atoms with Crippen molar-refractivity contribution in [2.45, 2.75) is 56.9 Å². The van der Waals surface area contributed by atoms with Crippen LogP contribution in [0.15, 0.2) is 35.2 Å². The molecule has 1 aromatic rings. The zero-order valence-corrected chi connectivity index (χ0v) is 13.3. The molecule has 0 spiro atoms. The standard InChI is InChI=1S/C17H25NOS/c1-17(2)11-10-14(13-17)18-16(19)9-6-12-20-15-7-4-3-5-8-15/h3-5,7-8,14H,6,9-13H2,1-2H3,(H,18,19). The summed E-state index contributed by atoms with van der Waals surface area (Å²) < 4.78 is 0. The summed E-state index contributed by atoms with van der Waals surface area (Å²) in [5.74, 6) is 1.23. The van der Waals surface area contributed by atoms with Crippen molar-refractivity contribution in [1.29, 1.82) is 0 Å². The molecule has 1 unspecified atom stereocenters. The molecule has 1 fully saturated rings. The van der Waals surface area contributed by atoms with Gasteiger partial charge in [-0.15, -0.1) is 11.8 Å². The third-order valence-electron chi connectivity index (χ3n) is 3.89. The lowest BCUT2D eigenvalue weighted by atomic mass is 9.92. The van der Waals surface area contributed by atoms with Crippen LogP contribution in [0.25, 0.3) is 0 Å². The number of carbonyl (C=O) groups is 1. The van der Waals surface area contributed by atoms with Gasteiger partial charge in [0.15, 0.2) is 0 Å². The zero-order chi connectivity index (χ0) is 14.4. The van der Waals surface area contributed by atoms with E-state index in [0.29, 0.717) is 17.9 Å². The first kappa shape index (κ1) is 15.4. The second-order valence-electron chi connectivity index (χ2n) is 6.44. The highest BCUT2D eigenvalue weighted by molar-refractivity contribution is 7.99. The van der Waals surface area contributed by atoms with E-state index in [1.54, 1.807) is 0 Å². The molecule has 1 N–H and O–H groups in total. The van der Waals surface area contributed by atoms with Crippen LogP contribution >= 0.6 is 11.8 Å². The van der Waals surface area contributed by atoms with Crippen LogP contribution in [-0.2, 0) is 4.79 Å². The minimum atomic E-state index is 0.223. The maximum Gasteiger partial charge on any atom is 0.220 e. The molecule has 1 aromatic carbocycles. The van der Waals surface area contributed by atoms with E-state index in [1.165, 1.54) is 11.3 Å². The lowest BCUT2D eigenvalue weighted by Crippen LogP contribution is -2.33. The molecule has 1 aliphatic rings. The van der Waals surface area contributed by atoms with Crippen LogP contribution in [0.2, 0.25) is 0 Å². The second kappa shape index (κ2) is 7.16. The third-order valence-corrected chi connectivity index (χ3v) is 4.99. The average Bonchev–Trinajstić information content (AvgIpc) is 2.75.